The van der Waals surface area contributed by atoms with E-state index in [2.05, 4.69) is 20.4 Å². The van der Waals surface area contributed by atoms with Crippen molar-refractivity contribution in [3.8, 4) is 5.69 Å². The number of hydrogen-bond donors (Lipinski definition) is 2. The topological polar surface area (TPSA) is 81.1 Å². The molecule has 0 bridgehead atoms. The average molecular weight is 256 g/mol. The summed E-state index contributed by atoms with van der Waals surface area (Å²) in [4.78, 5) is 8.51. The molecule has 0 radical (unpaired) electrons. The van der Waals surface area contributed by atoms with Crippen LogP contribution in [-0.2, 0) is 6.54 Å². The molecule has 0 unspecified atom stereocenters. The summed E-state index contributed by atoms with van der Waals surface area (Å²) in [5, 5.41) is 7.36. The van der Waals surface area contributed by atoms with Crippen molar-refractivity contribution >= 4 is 5.96 Å². The molecule has 6 nitrogen and oxygen atoms in total. The molecule has 0 saturated heterocycles. The first-order valence-electron chi connectivity index (χ1n) is 6.34. The Kier molecular flexibility index (Phi) is 3.14. The second-order valence-electron chi connectivity index (χ2n) is 4.54. The Morgan fingerprint density at radius 1 is 1.37 bits per heavy atom. The molecule has 1 heterocycles. The zero-order valence-electron chi connectivity index (χ0n) is 10.5. The van der Waals surface area contributed by atoms with E-state index in [-0.39, 0.29) is 0 Å². The number of para-hydroxylation sites is 1. The molecule has 1 fully saturated rings. The Morgan fingerprint density at radius 2 is 2.16 bits per heavy atom. The lowest BCUT2D eigenvalue weighted by molar-refractivity contribution is 0.782. The number of benzene rings is 1. The van der Waals surface area contributed by atoms with Crippen molar-refractivity contribution in [2.45, 2.75) is 25.4 Å². The van der Waals surface area contributed by atoms with E-state index in [0.717, 1.165) is 11.5 Å². The second-order valence-corrected chi connectivity index (χ2v) is 4.54. The van der Waals surface area contributed by atoms with Crippen LogP contribution in [-0.4, -0.2) is 26.8 Å². The Balaban J connectivity index is 1.73. The molecule has 0 spiro atoms. The van der Waals surface area contributed by atoms with Gasteiger partial charge in [-0.2, -0.15) is 5.10 Å². The monoisotopic (exact) mass is 256 g/mol. The lowest BCUT2D eigenvalue weighted by Crippen LogP contribution is -2.33. The standard InChI is InChI=1S/C13H16N6/c14-13(18-10-6-7-10)15-8-12-16-9-17-19(12)11-4-2-1-3-5-11/h1-5,9-10H,6-8H2,(H3,14,15,18). The lowest BCUT2D eigenvalue weighted by Gasteiger charge is -2.05. The van der Waals surface area contributed by atoms with E-state index in [4.69, 9.17) is 5.73 Å². The van der Waals surface area contributed by atoms with Gasteiger partial charge in [-0.15, -0.1) is 0 Å². The van der Waals surface area contributed by atoms with Gasteiger partial charge in [-0.05, 0) is 25.0 Å². The van der Waals surface area contributed by atoms with Crippen LogP contribution in [0.25, 0.3) is 5.69 Å². The highest BCUT2D eigenvalue weighted by molar-refractivity contribution is 5.78. The molecule has 0 aliphatic heterocycles. The fourth-order valence-corrected chi connectivity index (χ4v) is 1.80. The van der Waals surface area contributed by atoms with Crippen molar-refractivity contribution in [2.75, 3.05) is 0 Å². The van der Waals surface area contributed by atoms with Gasteiger partial charge in [0.25, 0.3) is 0 Å². The summed E-state index contributed by atoms with van der Waals surface area (Å²) >= 11 is 0. The highest BCUT2D eigenvalue weighted by atomic mass is 15.3. The molecule has 6 heteroatoms. The van der Waals surface area contributed by atoms with Gasteiger partial charge in [-0.1, -0.05) is 18.2 Å². The van der Waals surface area contributed by atoms with Gasteiger partial charge < -0.3 is 11.1 Å². The molecule has 2 aromatic rings. The SMILES string of the molecule is NC(=NCc1ncnn1-c1ccccc1)NC1CC1. The molecule has 0 amide bonds. The van der Waals surface area contributed by atoms with Crippen molar-refractivity contribution in [3.05, 3.63) is 42.5 Å². The number of aliphatic imine (C=N–C) groups is 1. The number of hydrogen-bond acceptors (Lipinski definition) is 3. The van der Waals surface area contributed by atoms with Gasteiger partial charge in [0.1, 0.15) is 12.9 Å². The van der Waals surface area contributed by atoms with E-state index < -0.39 is 0 Å². The smallest absolute Gasteiger partial charge is 0.189 e. The normalized spacial score (nSPS) is 15.5. The predicted molar refractivity (Wildman–Crippen MR) is 72.8 cm³/mol. The van der Waals surface area contributed by atoms with Gasteiger partial charge in [0.15, 0.2) is 11.8 Å². The van der Waals surface area contributed by atoms with E-state index in [1.165, 1.54) is 19.2 Å². The maximum Gasteiger partial charge on any atom is 0.189 e. The van der Waals surface area contributed by atoms with Crippen LogP contribution in [0, 0.1) is 0 Å². The van der Waals surface area contributed by atoms with Crippen LogP contribution in [0.4, 0.5) is 0 Å². The van der Waals surface area contributed by atoms with Crippen molar-refractivity contribution in [1.82, 2.24) is 20.1 Å². The molecular formula is C13H16N6. The first-order chi connectivity index (χ1) is 9.33. The summed E-state index contributed by atoms with van der Waals surface area (Å²) in [7, 11) is 0. The van der Waals surface area contributed by atoms with E-state index in [1.54, 1.807) is 4.68 Å². The van der Waals surface area contributed by atoms with Gasteiger partial charge in [0.2, 0.25) is 0 Å². The van der Waals surface area contributed by atoms with Gasteiger partial charge in [-0.25, -0.2) is 14.7 Å². The first-order valence-corrected chi connectivity index (χ1v) is 6.34. The van der Waals surface area contributed by atoms with Crippen molar-refractivity contribution < 1.29 is 0 Å². The molecule has 1 aliphatic carbocycles. The van der Waals surface area contributed by atoms with E-state index in [9.17, 15) is 0 Å². The fraction of sp³-hybridized carbons (Fsp3) is 0.308. The summed E-state index contributed by atoms with van der Waals surface area (Å²) in [6, 6.07) is 10.4. The van der Waals surface area contributed by atoms with E-state index in [0.29, 0.717) is 18.5 Å². The minimum absolute atomic E-state index is 0.417. The number of rotatable bonds is 4. The van der Waals surface area contributed by atoms with Crippen LogP contribution in [0.1, 0.15) is 18.7 Å². The molecule has 1 aliphatic rings. The summed E-state index contributed by atoms with van der Waals surface area (Å²) < 4.78 is 1.77. The number of nitrogens with zero attached hydrogens (tertiary/aromatic N) is 4. The summed E-state index contributed by atoms with van der Waals surface area (Å²) in [5.41, 5.74) is 6.77. The van der Waals surface area contributed by atoms with Crippen LogP contribution < -0.4 is 11.1 Å². The van der Waals surface area contributed by atoms with Gasteiger partial charge in [0.05, 0.1) is 5.69 Å². The Morgan fingerprint density at radius 3 is 2.89 bits per heavy atom. The zero-order valence-corrected chi connectivity index (χ0v) is 10.5. The van der Waals surface area contributed by atoms with E-state index in [1.807, 2.05) is 30.3 Å². The number of guanidine groups is 1. The maximum atomic E-state index is 5.80. The second kappa shape index (κ2) is 5.09. The minimum Gasteiger partial charge on any atom is -0.370 e. The maximum absolute atomic E-state index is 5.80. The zero-order chi connectivity index (χ0) is 13.1. The van der Waals surface area contributed by atoms with Crippen LogP contribution in [0.2, 0.25) is 0 Å². The molecule has 3 N–H and O–H groups in total. The number of nitrogens with one attached hydrogen (secondary N) is 1. The number of nitrogens with two attached hydrogens (primary N) is 1. The largest absolute Gasteiger partial charge is 0.370 e. The van der Waals surface area contributed by atoms with Crippen molar-refractivity contribution in [3.63, 3.8) is 0 Å². The van der Waals surface area contributed by atoms with Gasteiger partial charge in [0, 0.05) is 6.04 Å². The van der Waals surface area contributed by atoms with Crippen LogP contribution in [0.15, 0.2) is 41.7 Å². The summed E-state index contributed by atoms with van der Waals surface area (Å²) in [6.45, 7) is 0.417. The van der Waals surface area contributed by atoms with Gasteiger partial charge in [-0.3, -0.25) is 0 Å². The third kappa shape index (κ3) is 2.90. The highest BCUT2D eigenvalue weighted by Gasteiger charge is 2.21. The third-order valence-corrected chi connectivity index (χ3v) is 2.94. The van der Waals surface area contributed by atoms with Crippen molar-refractivity contribution in [1.29, 1.82) is 0 Å². The fourth-order valence-electron chi connectivity index (χ4n) is 1.80. The van der Waals surface area contributed by atoms with Crippen molar-refractivity contribution in [2.24, 2.45) is 10.7 Å². The average Bonchev–Trinajstić information content (AvgIpc) is 3.12. The molecule has 1 aromatic carbocycles. The first kappa shape index (κ1) is 11.7. The summed E-state index contributed by atoms with van der Waals surface area (Å²) in [5.74, 6) is 1.25. The molecule has 19 heavy (non-hydrogen) atoms. The van der Waals surface area contributed by atoms with E-state index >= 15 is 0 Å². The molecule has 98 valence electrons. The van der Waals surface area contributed by atoms with Crippen LogP contribution in [0.3, 0.4) is 0 Å². The van der Waals surface area contributed by atoms with Crippen LogP contribution >= 0.6 is 0 Å². The Hall–Kier alpha value is -2.37. The minimum atomic E-state index is 0.417. The summed E-state index contributed by atoms with van der Waals surface area (Å²) in [6.07, 6.45) is 3.88. The molecule has 0 atom stereocenters. The Bertz CT molecular complexity index is 570. The number of aromatic nitrogens is 3. The van der Waals surface area contributed by atoms with Gasteiger partial charge >= 0.3 is 0 Å². The molecule has 1 saturated carbocycles. The Labute approximate surface area is 111 Å². The third-order valence-electron chi connectivity index (χ3n) is 2.94. The highest BCUT2D eigenvalue weighted by Crippen LogP contribution is 2.18. The molecule has 3 rings (SSSR count). The quantitative estimate of drug-likeness (QED) is 0.627. The van der Waals surface area contributed by atoms with Crippen LogP contribution in [0.5, 0.6) is 0 Å². The predicted octanol–water partition coefficient (Wildman–Crippen LogP) is 0.834. The molecule has 1 aromatic heterocycles. The lowest BCUT2D eigenvalue weighted by atomic mass is 10.3. The molecular weight excluding hydrogens is 240 g/mol.